The molecular weight excluding hydrogens is 280 g/mol. The Balaban J connectivity index is 1.93. The fourth-order valence-corrected chi connectivity index (χ4v) is 1.84. The van der Waals surface area contributed by atoms with Crippen LogP contribution in [-0.4, -0.2) is 11.8 Å². The maximum atomic E-state index is 11.8. The lowest BCUT2D eigenvalue weighted by Crippen LogP contribution is -2.22. The van der Waals surface area contributed by atoms with Gasteiger partial charge in [0.2, 0.25) is 11.1 Å². The smallest absolute Gasteiger partial charge is 0.256 e. The first kappa shape index (κ1) is 14.1. The normalized spacial score (nSPS) is 10.1. The third-order valence-corrected chi connectivity index (χ3v) is 2.88. The van der Waals surface area contributed by atoms with Crippen molar-refractivity contribution in [1.29, 1.82) is 0 Å². The lowest BCUT2D eigenvalue weighted by Gasteiger charge is -2.06. The molecule has 104 valence electrons. The molecule has 5 nitrogen and oxygen atoms in total. The molecule has 0 radical (unpaired) electrons. The van der Waals surface area contributed by atoms with Crippen LogP contribution in [0.15, 0.2) is 41.0 Å². The lowest BCUT2D eigenvalue weighted by molar-refractivity contribution is -0.114. The summed E-state index contributed by atoms with van der Waals surface area (Å²) < 4.78 is 4.85. The number of hydrogen-bond acceptors (Lipinski definition) is 3. The predicted octanol–water partition coefficient (Wildman–Crippen LogP) is 2.82. The molecule has 6 heteroatoms. The molecule has 20 heavy (non-hydrogen) atoms. The van der Waals surface area contributed by atoms with Crippen molar-refractivity contribution in [3.8, 4) is 0 Å². The van der Waals surface area contributed by atoms with E-state index in [2.05, 4.69) is 10.6 Å². The maximum Gasteiger partial charge on any atom is 0.256 e. The number of hydrogen-bond donors (Lipinski definition) is 2. The molecular formula is C14H13ClN2O3. The van der Waals surface area contributed by atoms with Crippen LogP contribution < -0.4 is 10.6 Å². The molecule has 0 unspecified atom stereocenters. The second kappa shape index (κ2) is 6.25. The molecule has 0 aliphatic heterocycles. The summed E-state index contributed by atoms with van der Waals surface area (Å²) >= 11 is 5.72. The number of furan rings is 1. The van der Waals surface area contributed by atoms with E-state index < -0.39 is 0 Å². The van der Waals surface area contributed by atoms with E-state index in [4.69, 9.17) is 16.0 Å². The van der Waals surface area contributed by atoms with E-state index in [9.17, 15) is 9.59 Å². The molecule has 1 aromatic carbocycles. The molecule has 1 aromatic heterocycles. The van der Waals surface area contributed by atoms with Gasteiger partial charge in [-0.3, -0.25) is 9.59 Å². The van der Waals surface area contributed by atoms with Crippen LogP contribution in [0.2, 0.25) is 5.22 Å². The summed E-state index contributed by atoms with van der Waals surface area (Å²) in [5.41, 5.74) is 1.93. The monoisotopic (exact) mass is 292 g/mol. The van der Waals surface area contributed by atoms with Gasteiger partial charge in [0.05, 0.1) is 11.8 Å². The average Bonchev–Trinajstić information content (AvgIpc) is 2.83. The fraction of sp³-hybridized carbons (Fsp3) is 0.143. The maximum absolute atomic E-state index is 11.8. The molecule has 0 atom stereocenters. The van der Waals surface area contributed by atoms with E-state index in [0.717, 1.165) is 5.56 Å². The highest BCUT2D eigenvalue weighted by Gasteiger charge is 2.12. The average molecular weight is 293 g/mol. The Bertz CT molecular complexity index is 620. The molecule has 0 aliphatic carbocycles. The van der Waals surface area contributed by atoms with Crippen molar-refractivity contribution in [2.24, 2.45) is 0 Å². The summed E-state index contributed by atoms with van der Waals surface area (Å²) in [6.45, 7) is 1.81. The number of carbonyl (C=O) groups is 2. The van der Waals surface area contributed by atoms with Gasteiger partial charge < -0.3 is 15.1 Å². The number of benzene rings is 1. The molecule has 2 amide bonds. The first-order chi connectivity index (χ1) is 9.56. The van der Waals surface area contributed by atoms with Crippen molar-refractivity contribution in [3.63, 3.8) is 0 Å². The Morgan fingerprint density at radius 2 is 1.90 bits per heavy atom. The van der Waals surface area contributed by atoms with Gasteiger partial charge in [0.1, 0.15) is 0 Å². The van der Waals surface area contributed by atoms with Crippen LogP contribution in [0.1, 0.15) is 22.8 Å². The number of carbonyl (C=O) groups excluding carboxylic acids is 2. The van der Waals surface area contributed by atoms with E-state index in [-0.39, 0.29) is 17.0 Å². The van der Waals surface area contributed by atoms with Crippen molar-refractivity contribution in [2.45, 2.75) is 13.5 Å². The summed E-state index contributed by atoms with van der Waals surface area (Å²) in [6, 6.07) is 8.70. The second-order valence-corrected chi connectivity index (χ2v) is 4.51. The van der Waals surface area contributed by atoms with Gasteiger partial charge in [0, 0.05) is 19.2 Å². The zero-order valence-corrected chi connectivity index (χ0v) is 11.5. The minimum absolute atomic E-state index is 0.0727. The largest absolute Gasteiger partial charge is 0.452 e. The van der Waals surface area contributed by atoms with Gasteiger partial charge in [-0.1, -0.05) is 12.1 Å². The minimum Gasteiger partial charge on any atom is -0.452 e. The van der Waals surface area contributed by atoms with Crippen LogP contribution >= 0.6 is 11.6 Å². The number of rotatable bonds is 4. The van der Waals surface area contributed by atoms with E-state index in [0.29, 0.717) is 17.8 Å². The zero-order chi connectivity index (χ0) is 14.5. The van der Waals surface area contributed by atoms with Crippen LogP contribution in [-0.2, 0) is 11.3 Å². The Kier molecular flexibility index (Phi) is 4.42. The van der Waals surface area contributed by atoms with Crippen LogP contribution in [0.25, 0.3) is 0 Å². The van der Waals surface area contributed by atoms with Gasteiger partial charge in [-0.2, -0.15) is 0 Å². The first-order valence-corrected chi connectivity index (χ1v) is 6.32. The van der Waals surface area contributed by atoms with Gasteiger partial charge in [-0.15, -0.1) is 0 Å². The summed E-state index contributed by atoms with van der Waals surface area (Å²) in [5, 5.41) is 5.47. The summed E-state index contributed by atoms with van der Waals surface area (Å²) in [4.78, 5) is 22.7. The quantitative estimate of drug-likeness (QED) is 0.910. The highest BCUT2D eigenvalue weighted by Crippen LogP contribution is 2.16. The Morgan fingerprint density at radius 1 is 1.20 bits per heavy atom. The third-order valence-electron chi connectivity index (χ3n) is 2.59. The van der Waals surface area contributed by atoms with E-state index in [1.54, 1.807) is 12.1 Å². The number of nitrogens with one attached hydrogen (secondary N) is 2. The Morgan fingerprint density at radius 3 is 2.45 bits per heavy atom. The van der Waals surface area contributed by atoms with Crippen molar-refractivity contribution in [2.75, 3.05) is 5.32 Å². The van der Waals surface area contributed by atoms with Crippen molar-refractivity contribution in [3.05, 3.63) is 52.9 Å². The van der Waals surface area contributed by atoms with E-state index >= 15 is 0 Å². The van der Waals surface area contributed by atoms with Gasteiger partial charge in [-0.05, 0) is 35.4 Å². The third kappa shape index (κ3) is 3.61. The molecule has 0 saturated carbocycles. The fourth-order valence-electron chi connectivity index (χ4n) is 1.64. The summed E-state index contributed by atoms with van der Waals surface area (Å²) in [6.07, 6.45) is 1.36. The zero-order valence-electron chi connectivity index (χ0n) is 10.8. The molecule has 2 rings (SSSR count). The highest BCUT2D eigenvalue weighted by atomic mass is 35.5. The topological polar surface area (TPSA) is 71.3 Å². The molecule has 0 bridgehead atoms. The number of halogens is 1. The molecule has 2 N–H and O–H groups in total. The van der Waals surface area contributed by atoms with Gasteiger partial charge >= 0.3 is 0 Å². The van der Waals surface area contributed by atoms with Crippen LogP contribution in [0.5, 0.6) is 0 Å². The summed E-state index contributed by atoms with van der Waals surface area (Å²) in [5.74, 6) is -0.421. The first-order valence-electron chi connectivity index (χ1n) is 5.94. The van der Waals surface area contributed by atoms with E-state index in [1.807, 2.05) is 12.1 Å². The molecule has 0 spiro atoms. The Hall–Kier alpha value is -2.27. The van der Waals surface area contributed by atoms with Gasteiger partial charge in [0.15, 0.2) is 0 Å². The highest BCUT2D eigenvalue weighted by molar-refractivity contribution is 6.32. The van der Waals surface area contributed by atoms with Crippen LogP contribution in [0.4, 0.5) is 5.69 Å². The second-order valence-electron chi connectivity index (χ2n) is 4.17. The standard InChI is InChI=1S/C14H13ClN2O3/c1-9(18)17-11-4-2-10(3-5-11)8-16-14(19)12-6-7-20-13(12)15/h2-7H,8H2,1H3,(H,16,19)(H,17,18). The number of amides is 2. The number of anilines is 1. The van der Waals surface area contributed by atoms with Crippen molar-refractivity contribution in [1.82, 2.24) is 5.32 Å². The predicted molar refractivity (Wildman–Crippen MR) is 75.6 cm³/mol. The van der Waals surface area contributed by atoms with Crippen LogP contribution in [0, 0.1) is 0 Å². The molecule has 0 aliphatic rings. The van der Waals surface area contributed by atoms with Crippen LogP contribution in [0.3, 0.4) is 0 Å². The van der Waals surface area contributed by atoms with Crippen molar-refractivity contribution < 1.29 is 14.0 Å². The molecule has 2 aromatic rings. The SMILES string of the molecule is CC(=O)Nc1ccc(CNC(=O)c2ccoc2Cl)cc1. The van der Waals surface area contributed by atoms with Crippen molar-refractivity contribution >= 4 is 29.1 Å². The van der Waals surface area contributed by atoms with E-state index in [1.165, 1.54) is 19.3 Å². The van der Waals surface area contributed by atoms with Gasteiger partial charge in [-0.25, -0.2) is 0 Å². The molecule has 1 heterocycles. The Labute approximate surface area is 120 Å². The van der Waals surface area contributed by atoms with Gasteiger partial charge in [0.25, 0.3) is 5.91 Å². The lowest BCUT2D eigenvalue weighted by atomic mass is 10.2. The molecule has 0 fully saturated rings. The summed E-state index contributed by atoms with van der Waals surface area (Å²) in [7, 11) is 0. The molecule has 0 saturated heterocycles. The minimum atomic E-state index is -0.297.